The third kappa shape index (κ3) is 4.99. The Morgan fingerprint density at radius 1 is 1.47 bits per heavy atom. The second-order valence-corrected chi connectivity index (χ2v) is 5.15. The Bertz CT molecular complexity index is 311. The standard InChI is InChI=1S/C9H11BrF3NS/c1-14(4-3-9(11,12)13)6-8-7(10)2-5-15-8/h2,5H,3-4,6H2,1H3. The molecule has 0 amide bonds. The third-order valence-electron chi connectivity index (χ3n) is 1.88. The molecule has 0 radical (unpaired) electrons. The van der Waals surface area contributed by atoms with Gasteiger partial charge in [0.05, 0.1) is 6.42 Å². The highest BCUT2D eigenvalue weighted by molar-refractivity contribution is 9.10. The summed E-state index contributed by atoms with van der Waals surface area (Å²) in [5, 5.41) is 1.91. The molecule has 1 nitrogen and oxygen atoms in total. The first-order valence-corrected chi connectivity index (χ1v) is 6.03. The van der Waals surface area contributed by atoms with Gasteiger partial charge in [-0.1, -0.05) is 0 Å². The van der Waals surface area contributed by atoms with E-state index in [-0.39, 0.29) is 6.54 Å². The molecule has 1 aromatic rings. The molecule has 0 spiro atoms. The fraction of sp³-hybridized carbons (Fsp3) is 0.556. The molecule has 6 heteroatoms. The molecular formula is C9H11BrF3NS. The van der Waals surface area contributed by atoms with Crippen molar-refractivity contribution in [2.75, 3.05) is 13.6 Å². The smallest absolute Gasteiger partial charge is 0.301 e. The SMILES string of the molecule is CN(CCC(F)(F)F)Cc1sccc1Br. The molecule has 0 bridgehead atoms. The summed E-state index contributed by atoms with van der Waals surface area (Å²) in [7, 11) is 1.69. The van der Waals surface area contributed by atoms with Crippen LogP contribution in [0.5, 0.6) is 0 Å². The molecule has 0 N–H and O–H groups in total. The highest BCUT2D eigenvalue weighted by Crippen LogP contribution is 2.25. The zero-order chi connectivity index (χ0) is 11.5. The highest BCUT2D eigenvalue weighted by Gasteiger charge is 2.27. The quantitative estimate of drug-likeness (QED) is 0.815. The van der Waals surface area contributed by atoms with Crippen molar-refractivity contribution in [1.29, 1.82) is 0 Å². The van der Waals surface area contributed by atoms with E-state index in [0.29, 0.717) is 6.54 Å². The van der Waals surface area contributed by atoms with Crippen LogP contribution < -0.4 is 0 Å². The van der Waals surface area contributed by atoms with Crippen molar-refractivity contribution in [3.8, 4) is 0 Å². The van der Waals surface area contributed by atoms with Crippen molar-refractivity contribution in [3.63, 3.8) is 0 Å². The van der Waals surface area contributed by atoms with Gasteiger partial charge in [-0.05, 0) is 34.4 Å². The highest BCUT2D eigenvalue weighted by atomic mass is 79.9. The largest absolute Gasteiger partial charge is 0.390 e. The molecule has 1 heterocycles. The fourth-order valence-electron chi connectivity index (χ4n) is 1.08. The molecule has 1 rings (SSSR count). The van der Waals surface area contributed by atoms with Crippen LogP contribution in [0, 0.1) is 0 Å². The Morgan fingerprint density at radius 2 is 2.13 bits per heavy atom. The first kappa shape index (κ1) is 13.0. The minimum atomic E-state index is -4.07. The van der Waals surface area contributed by atoms with Gasteiger partial charge >= 0.3 is 6.18 Å². The normalized spacial score (nSPS) is 12.4. The summed E-state index contributed by atoms with van der Waals surface area (Å²) >= 11 is 4.89. The number of thiophene rings is 1. The molecule has 0 unspecified atom stereocenters. The summed E-state index contributed by atoms with van der Waals surface area (Å²) in [6.45, 7) is 0.585. The lowest BCUT2D eigenvalue weighted by Crippen LogP contribution is -2.23. The Hall–Kier alpha value is -0.0700. The number of hydrogen-bond acceptors (Lipinski definition) is 2. The Labute approximate surface area is 99.0 Å². The van der Waals surface area contributed by atoms with Gasteiger partial charge in [-0.2, -0.15) is 13.2 Å². The molecule has 0 aliphatic heterocycles. The van der Waals surface area contributed by atoms with Crippen molar-refractivity contribution < 1.29 is 13.2 Å². The number of nitrogens with zero attached hydrogens (tertiary/aromatic N) is 1. The van der Waals surface area contributed by atoms with Gasteiger partial charge < -0.3 is 4.90 Å². The molecule has 15 heavy (non-hydrogen) atoms. The second kappa shape index (κ2) is 5.32. The molecule has 0 atom stereocenters. The van der Waals surface area contributed by atoms with E-state index in [9.17, 15) is 13.2 Å². The molecule has 0 aromatic carbocycles. The van der Waals surface area contributed by atoms with Crippen LogP contribution in [0.2, 0.25) is 0 Å². The summed E-state index contributed by atoms with van der Waals surface area (Å²) in [6.07, 6.45) is -4.83. The van der Waals surface area contributed by atoms with Crippen LogP contribution in [-0.2, 0) is 6.54 Å². The lowest BCUT2D eigenvalue weighted by Gasteiger charge is -2.16. The van der Waals surface area contributed by atoms with Crippen LogP contribution in [-0.4, -0.2) is 24.7 Å². The van der Waals surface area contributed by atoms with Gasteiger partial charge in [0.15, 0.2) is 0 Å². The molecular weight excluding hydrogens is 291 g/mol. The molecule has 0 saturated heterocycles. The first-order valence-electron chi connectivity index (χ1n) is 4.35. The van der Waals surface area contributed by atoms with Crippen LogP contribution in [0.1, 0.15) is 11.3 Å². The van der Waals surface area contributed by atoms with Crippen LogP contribution in [0.25, 0.3) is 0 Å². The number of alkyl halides is 3. The Morgan fingerprint density at radius 3 is 2.60 bits per heavy atom. The molecule has 0 saturated carbocycles. The van der Waals surface area contributed by atoms with Crippen molar-refractivity contribution in [2.24, 2.45) is 0 Å². The van der Waals surface area contributed by atoms with Crippen molar-refractivity contribution in [2.45, 2.75) is 19.1 Å². The maximum absolute atomic E-state index is 11.9. The van der Waals surface area contributed by atoms with Gasteiger partial charge in [0.2, 0.25) is 0 Å². The molecule has 86 valence electrons. The van der Waals surface area contributed by atoms with E-state index >= 15 is 0 Å². The fourth-order valence-corrected chi connectivity index (χ4v) is 2.64. The zero-order valence-electron chi connectivity index (χ0n) is 8.14. The Balaban J connectivity index is 2.37. The van der Waals surface area contributed by atoms with Crippen LogP contribution >= 0.6 is 27.3 Å². The van der Waals surface area contributed by atoms with E-state index < -0.39 is 12.6 Å². The second-order valence-electron chi connectivity index (χ2n) is 3.29. The number of halogens is 4. The lowest BCUT2D eigenvalue weighted by atomic mass is 10.3. The van der Waals surface area contributed by atoms with Crippen LogP contribution in [0.4, 0.5) is 13.2 Å². The van der Waals surface area contributed by atoms with Crippen LogP contribution in [0.3, 0.4) is 0 Å². The monoisotopic (exact) mass is 301 g/mol. The summed E-state index contributed by atoms with van der Waals surface area (Å²) in [4.78, 5) is 2.73. The predicted molar refractivity (Wildman–Crippen MR) is 59.0 cm³/mol. The average molecular weight is 302 g/mol. The zero-order valence-corrected chi connectivity index (χ0v) is 10.5. The summed E-state index contributed by atoms with van der Waals surface area (Å²) < 4.78 is 36.8. The molecule has 0 fully saturated rings. The van der Waals surface area contributed by atoms with Gasteiger partial charge in [-0.3, -0.25) is 0 Å². The van der Waals surface area contributed by atoms with E-state index in [1.165, 1.54) is 0 Å². The van der Waals surface area contributed by atoms with E-state index in [1.54, 1.807) is 23.3 Å². The predicted octanol–water partition coefficient (Wildman–Crippen LogP) is 3.89. The molecule has 0 aliphatic carbocycles. The lowest BCUT2D eigenvalue weighted by molar-refractivity contribution is -0.137. The topological polar surface area (TPSA) is 3.24 Å². The minimum Gasteiger partial charge on any atom is -0.301 e. The number of rotatable bonds is 4. The van der Waals surface area contributed by atoms with Crippen molar-refractivity contribution >= 4 is 27.3 Å². The first-order chi connectivity index (χ1) is 6.88. The van der Waals surface area contributed by atoms with E-state index in [4.69, 9.17) is 0 Å². The maximum Gasteiger partial charge on any atom is 0.390 e. The summed E-state index contributed by atoms with van der Waals surface area (Å²) in [5.41, 5.74) is 0. The van der Waals surface area contributed by atoms with Crippen LogP contribution in [0.15, 0.2) is 15.9 Å². The van der Waals surface area contributed by atoms with Crippen molar-refractivity contribution in [3.05, 3.63) is 20.8 Å². The van der Waals surface area contributed by atoms with E-state index in [0.717, 1.165) is 9.35 Å². The van der Waals surface area contributed by atoms with Gasteiger partial charge in [0, 0.05) is 22.4 Å². The number of hydrogen-bond donors (Lipinski definition) is 0. The van der Waals surface area contributed by atoms with Gasteiger partial charge in [-0.25, -0.2) is 0 Å². The summed E-state index contributed by atoms with van der Waals surface area (Å²) in [6, 6.07) is 1.90. The van der Waals surface area contributed by atoms with E-state index in [1.807, 2.05) is 11.4 Å². The summed E-state index contributed by atoms with van der Waals surface area (Å²) in [5.74, 6) is 0. The van der Waals surface area contributed by atoms with E-state index in [2.05, 4.69) is 15.9 Å². The van der Waals surface area contributed by atoms with Crippen molar-refractivity contribution in [1.82, 2.24) is 4.90 Å². The molecule has 1 aromatic heterocycles. The third-order valence-corrected chi connectivity index (χ3v) is 3.79. The van der Waals surface area contributed by atoms with Gasteiger partial charge in [0.1, 0.15) is 0 Å². The van der Waals surface area contributed by atoms with Gasteiger partial charge in [0.25, 0.3) is 0 Å². The minimum absolute atomic E-state index is 0.0356. The molecule has 0 aliphatic rings. The average Bonchev–Trinajstić information content (AvgIpc) is 2.47. The van der Waals surface area contributed by atoms with Gasteiger partial charge in [-0.15, -0.1) is 11.3 Å². The Kier molecular flexibility index (Phi) is 4.61. The maximum atomic E-state index is 11.9.